The molecule has 1 aromatic rings. The first-order valence-corrected chi connectivity index (χ1v) is 7.79. The van der Waals surface area contributed by atoms with E-state index in [1.165, 1.54) is 24.0 Å². The van der Waals surface area contributed by atoms with E-state index in [-0.39, 0.29) is 6.04 Å². The van der Waals surface area contributed by atoms with Crippen molar-refractivity contribution in [3.8, 4) is 0 Å². The number of likely N-dealkylation sites (tertiary alicyclic amines) is 1. The zero-order valence-corrected chi connectivity index (χ0v) is 13.0. The minimum Gasteiger partial charge on any atom is -0.377 e. The first-order valence-electron chi connectivity index (χ1n) is 7.79. The van der Waals surface area contributed by atoms with Crippen LogP contribution >= 0.6 is 0 Å². The van der Waals surface area contributed by atoms with Gasteiger partial charge in [0.1, 0.15) is 0 Å². The number of nitrogens with zero attached hydrogens (tertiary/aromatic N) is 1. The van der Waals surface area contributed by atoms with E-state index >= 15 is 0 Å². The monoisotopic (exact) mass is 276 g/mol. The number of piperidine rings is 1. The standard InChI is InChI=1S/C17H28N2O/c1-4-20-16-6-5-11-19(12-16)14(3)17(18)15-9-7-13(2)8-10-15/h7-10,14,16-17H,4-6,11-12,18H2,1-3H3. The second-order valence-corrected chi connectivity index (χ2v) is 5.89. The van der Waals surface area contributed by atoms with Crippen LogP contribution in [-0.4, -0.2) is 36.7 Å². The van der Waals surface area contributed by atoms with E-state index in [2.05, 4.69) is 49.9 Å². The van der Waals surface area contributed by atoms with Crippen LogP contribution in [0.4, 0.5) is 0 Å². The minimum atomic E-state index is 0.0657. The number of ether oxygens (including phenoxy) is 1. The third kappa shape index (κ3) is 3.81. The summed E-state index contributed by atoms with van der Waals surface area (Å²) >= 11 is 0. The van der Waals surface area contributed by atoms with E-state index in [0.29, 0.717) is 12.1 Å². The Hall–Kier alpha value is -0.900. The van der Waals surface area contributed by atoms with Crippen LogP contribution in [0.5, 0.6) is 0 Å². The molecule has 2 N–H and O–H groups in total. The summed E-state index contributed by atoms with van der Waals surface area (Å²) in [5.41, 5.74) is 8.96. The number of aryl methyl sites for hydroxylation is 1. The fourth-order valence-corrected chi connectivity index (χ4v) is 3.00. The molecule has 0 amide bonds. The third-order valence-electron chi connectivity index (χ3n) is 4.37. The van der Waals surface area contributed by atoms with Gasteiger partial charge in [-0.2, -0.15) is 0 Å². The molecule has 1 heterocycles. The van der Waals surface area contributed by atoms with Gasteiger partial charge >= 0.3 is 0 Å². The zero-order valence-electron chi connectivity index (χ0n) is 13.0. The summed E-state index contributed by atoms with van der Waals surface area (Å²) in [5, 5.41) is 0. The lowest BCUT2D eigenvalue weighted by molar-refractivity contribution is -0.00831. The molecule has 0 bridgehead atoms. The fourth-order valence-electron chi connectivity index (χ4n) is 3.00. The summed E-state index contributed by atoms with van der Waals surface area (Å²) in [5.74, 6) is 0. The van der Waals surface area contributed by atoms with Crippen LogP contribution in [0, 0.1) is 6.92 Å². The van der Waals surface area contributed by atoms with Gasteiger partial charge in [-0.1, -0.05) is 29.8 Å². The summed E-state index contributed by atoms with van der Waals surface area (Å²) in [6, 6.07) is 9.00. The molecule has 1 saturated heterocycles. The van der Waals surface area contributed by atoms with Crippen LogP contribution < -0.4 is 5.73 Å². The highest BCUT2D eigenvalue weighted by atomic mass is 16.5. The fraction of sp³-hybridized carbons (Fsp3) is 0.647. The van der Waals surface area contributed by atoms with Crippen LogP contribution in [0.1, 0.15) is 43.9 Å². The predicted molar refractivity (Wildman–Crippen MR) is 83.8 cm³/mol. The third-order valence-corrected chi connectivity index (χ3v) is 4.37. The molecule has 0 aromatic heterocycles. The van der Waals surface area contributed by atoms with Gasteiger partial charge in [-0.15, -0.1) is 0 Å². The Morgan fingerprint density at radius 2 is 2.05 bits per heavy atom. The van der Waals surface area contributed by atoms with Gasteiger partial charge in [0.05, 0.1) is 6.10 Å². The number of rotatable bonds is 5. The van der Waals surface area contributed by atoms with Gasteiger partial charge in [0.25, 0.3) is 0 Å². The molecule has 0 aliphatic carbocycles. The van der Waals surface area contributed by atoms with Gasteiger partial charge in [-0.3, -0.25) is 4.90 Å². The molecule has 1 aliphatic heterocycles. The summed E-state index contributed by atoms with van der Waals surface area (Å²) in [4.78, 5) is 2.48. The van der Waals surface area contributed by atoms with Crippen molar-refractivity contribution in [2.75, 3.05) is 19.7 Å². The molecule has 1 aliphatic rings. The number of hydrogen-bond donors (Lipinski definition) is 1. The Morgan fingerprint density at radius 3 is 2.70 bits per heavy atom. The Bertz CT molecular complexity index is 402. The molecule has 3 atom stereocenters. The molecule has 1 aromatic carbocycles. The van der Waals surface area contributed by atoms with Crippen LogP contribution in [0.15, 0.2) is 24.3 Å². The molecule has 2 rings (SSSR count). The Balaban J connectivity index is 1.98. The average molecular weight is 276 g/mol. The van der Waals surface area contributed by atoms with E-state index in [0.717, 1.165) is 19.7 Å². The molecule has 0 spiro atoms. The van der Waals surface area contributed by atoms with Gasteiger partial charge in [0.15, 0.2) is 0 Å². The van der Waals surface area contributed by atoms with E-state index < -0.39 is 0 Å². The summed E-state index contributed by atoms with van der Waals surface area (Å²) in [6.07, 6.45) is 2.76. The largest absolute Gasteiger partial charge is 0.377 e. The lowest BCUT2D eigenvalue weighted by atomic mass is 9.97. The van der Waals surface area contributed by atoms with Crippen molar-refractivity contribution in [3.05, 3.63) is 35.4 Å². The first kappa shape index (κ1) is 15.5. The van der Waals surface area contributed by atoms with E-state index in [9.17, 15) is 0 Å². The number of hydrogen-bond acceptors (Lipinski definition) is 3. The second-order valence-electron chi connectivity index (χ2n) is 5.89. The van der Waals surface area contributed by atoms with Crippen molar-refractivity contribution in [1.29, 1.82) is 0 Å². The SMILES string of the molecule is CCOC1CCCN(C(C)C(N)c2ccc(C)cc2)C1. The maximum atomic E-state index is 6.46. The van der Waals surface area contributed by atoms with E-state index in [4.69, 9.17) is 10.5 Å². The smallest absolute Gasteiger partial charge is 0.0702 e. The molecule has 112 valence electrons. The zero-order chi connectivity index (χ0) is 14.5. The predicted octanol–water partition coefficient (Wildman–Crippen LogP) is 2.88. The van der Waals surface area contributed by atoms with Gasteiger partial charge in [-0.25, -0.2) is 0 Å². The molecule has 1 fully saturated rings. The Labute approximate surface area is 123 Å². The Morgan fingerprint density at radius 1 is 1.35 bits per heavy atom. The summed E-state index contributed by atoms with van der Waals surface area (Å²) < 4.78 is 5.78. The molecule has 3 heteroatoms. The number of benzene rings is 1. The molecule has 3 nitrogen and oxygen atoms in total. The van der Waals surface area contributed by atoms with Crippen molar-refractivity contribution >= 4 is 0 Å². The molecular weight excluding hydrogens is 248 g/mol. The van der Waals surface area contributed by atoms with Crippen LogP contribution in [-0.2, 0) is 4.74 Å². The number of nitrogens with two attached hydrogens (primary N) is 1. The maximum absolute atomic E-state index is 6.46. The average Bonchev–Trinajstić information content (AvgIpc) is 2.47. The van der Waals surface area contributed by atoms with Crippen molar-refractivity contribution in [2.24, 2.45) is 5.73 Å². The highest BCUT2D eigenvalue weighted by molar-refractivity contribution is 5.24. The van der Waals surface area contributed by atoms with E-state index in [1.807, 2.05) is 0 Å². The van der Waals surface area contributed by atoms with E-state index in [1.54, 1.807) is 0 Å². The highest BCUT2D eigenvalue weighted by Crippen LogP contribution is 2.23. The van der Waals surface area contributed by atoms with Crippen molar-refractivity contribution in [2.45, 2.75) is 51.8 Å². The topological polar surface area (TPSA) is 38.5 Å². The lowest BCUT2D eigenvalue weighted by Crippen LogP contribution is -2.48. The highest BCUT2D eigenvalue weighted by Gasteiger charge is 2.27. The minimum absolute atomic E-state index is 0.0657. The molecule has 20 heavy (non-hydrogen) atoms. The quantitative estimate of drug-likeness (QED) is 0.898. The molecule has 0 radical (unpaired) electrons. The second kappa shape index (κ2) is 7.21. The van der Waals surface area contributed by atoms with Crippen molar-refractivity contribution in [3.63, 3.8) is 0 Å². The van der Waals surface area contributed by atoms with Crippen molar-refractivity contribution < 1.29 is 4.74 Å². The van der Waals surface area contributed by atoms with Crippen molar-refractivity contribution in [1.82, 2.24) is 4.90 Å². The molecular formula is C17H28N2O. The first-order chi connectivity index (χ1) is 9.61. The molecule has 0 saturated carbocycles. The summed E-state index contributed by atoms with van der Waals surface area (Å²) in [7, 11) is 0. The normalized spacial score (nSPS) is 23.5. The Kier molecular flexibility index (Phi) is 5.58. The van der Waals surface area contributed by atoms with Gasteiger partial charge in [0.2, 0.25) is 0 Å². The van der Waals surface area contributed by atoms with Crippen LogP contribution in [0.3, 0.4) is 0 Å². The molecule has 3 unspecified atom stereocenters. The van der Waals surface area contributed by atoms with Gasteiger partial charge < -0.3 is 10.5 Å². The lowest BCUT2D eigenvalue weighted by Gasteiger charge is -2.39. The van der Waals surface area contributed by atoms with Gasteiger partial charge in [-0.05, 0) is 45.7 Å². The van der Waals surface area contributed by atoms with Gasteiger partial charge in [0, 0.05) is 25.2 Å². The summed E-state index contributed by atoms with van der Waals surface area (Å²) in [6.45, 7) is 9.35. The van der Waals surface area contributed by atoms with Crippen LogP contribution in [0.2, 0.25) is 0 Å². The maximum Gasteiger partial charge on any atom is 0.0702 e. The van der Waals surface area contributed by atoms with Crippen LogP contribution in [0.25, 0.3) is 0 Å².